The first-order chi connectivity index (χ1) is 9.01. The topological polar surface area (TPSA) is 52.6 Å². The molecule has 1 saturated heterocycles. The molecule has 2 rings (SSSR count). The average Bonchev–Trinajstić information content (AvgIpc) is 2.81. The molecule has 1 heterocycles. The molecule has 1 aliphatic carbocycles. The largest absolute Gasteiger partial charge is 0.462 e. The smallest absolute Gasteiger partial charge is 0.336 e. The van der Waals surface area contributed by atoms with Crippen molar-refractivity contribution >= 4 is 36.3 Å². The van der Waals surface area contributed by atoms with Gasteiger partial charge in [0.1, 0.15) is 6.10 Å². The highest BCUT2D eigenvalue weighted by molar-refractivity contribution is 7.92. The molecule has 0 aromatic heterocycles. The molecular formula is C12H19BO4P2. The summed E-state index contributed by atoms with van der Waals surface area (Å²) < 4.78 is 11.1. The highest BCUT2D eigenvalue weighted by Gasteiger charge is 2.49. The number of hydrogen-bond acceptors (Lipinski definition) is 4. The second-order valence-corrected chi connectivity index (χ2v) is 7.11. The molecule has 2 fully saturated rings. The van der Waals surface area contributed by atoms with Crippen LogP contribution in [0.5, 0.6) is 0 Å². The summed E-state index contributed by atoms with van der Waals surface area (Å²) in [5.74, 6) is 0.186. The molecule has 0 amide bonds. The minimum Gasteiger partial charge on any atom is -0.462 e. The van der Waals surface area contributed by atoms with E-state index in [1.165, 1.54) is 0 Å². The molecule has 0 aromatic rings. The molecule has 0 bridgehead atoms. The van der Waals surface area contributed by atoms with Crippen molar-refractivity contribution in [1.29, 1.82) is 0 Å². The van der Waals surface area contributed by atoms with Gasteiger partial charge < -0.3 is 9.39 Å². The zero-order valence-electron chi connectivity index (χ0n) is 11.0. The lowest BCUT2D eigenvalue weighted by molar-refractivity contribution is -0.141. The minimum absolute atomic E-state index is 0.00371. The van der Waals surface area contributed by atoms with E-state index in [9.17, 15) is 9.59 Å². The van der Waals surface area contributed by atoms with E-state index in [1.807, 2.05) is 13.0 Å². The van der Waals surface area contributed by atoms with Gasteiger partial charge in [-0.2, -0.15) is 0 Å². The molecule has 19 heavy (non-hydrogen) atoms. The van der Waals surface area contributed by atoms with Crippen molar-refractivity contribution in [2.75, 3.05) is 0 Å². The van der Waals surface area contributed by atoms with E-state index in [-0.39, 0.29) is 42.2 Å². The van der Waals surface area contributed by atoms with Crippen molar-refractivity contribution in [3.8, 4) is 0 Å². The van der Waals surface area contributed by atoms with Gasteiger partial charge in [0.15, 0.2) is 5.78 Å². The summed E-state index contributed by atoms with van der Waals surface area (Å²) in [6.07, 6.45) is 5.07. The minimum atomic E-state index is -0.137. The molecule has 4 nitrogen and oxygen atoms in total. The molecule has 1 saturated carbocycles. The highest BCUT2D eigenvalue weighted by atomic mass is 31.1. The van der Waals surface area contributed by atoms with E-state index in [4.69, 9.17) is 9.39 Å². The lowest BCUT2D eigenvalue weighted by atomic mass is 9.91. The van der Waals surface area contributed by atoms with Crippen LogP contribution >= 0.6 is 18.2 Å². The zero-order valence-corrected chi connectivity index (χ0v) is 13.3. The van der Waals surface area contributed by atoms with Crippen LogP contribution in [0.1, 0.15) is 26.2 Å². The number of hydrogen-bond donors (Lipinski definition) is 0. The Morgan fingerprint density at radius 2 is 2.32 bits per heavy atom. The molecule has 0 N–H and O–H groups in total. The number of allylic oxidation sites excluding steroid dienone is 1. The number of esters is 1. The summed E-state index contributed by atoms with van der Waals surface area (Å²) in [5.41, 5.74) is 0. The zero-order chi connectivity index (χ0) is 14.0. The molecule has 0 spiro atoms. The lowest BCUT2D eigenvalue weighted by Crippen LogP contribution is -2.24. The van der Waals surface area contributed by atoms with Gasteiger partial charge in [-0.25, -0.2) is 0 Å². The third-order valence-corrected chi connectivity index (χ3v) is 4.05. The predicted octanol–water partition coefficient (Wildman–Crippen LogP) is 1.59. The van der Waals surface area contributed by atoms with Crippen molar-refractivity contribution in [3.05, 3.63) is 12.2 Å². The van der Waals surface area contributed by atoms with Gasteiger partial charge in [-0.15, -0.1) is 18.2 Å². The van der Waals surface area contributed by atoms with Crippen molar-refractivity contribution in [1.82, 2.24) is 0 Å². The standard InChI is InChI=1S/C12H19BO4P2/c1-2-7(14)3-4-8-9-5-12(15)16-10(9)6-11(8)17-13(18)19/h3-4,8-11H,2,5-6,18-19H2,1H3/b4-3+/t8-,9-,10+,11-/m1/s1. The number of ether oxygens (including phenoxy) is 1. The predicted molar refractivity (Wildman–Crippen MR) is 80.6 cm³/mol. The summed E-state index contributed by atoms with van der Waals surface area (Å²) in [6.45, 7) is 1.84. The van der Waals surface area contributed by atoms with Crippen LogP contribution in [0.2, 0.25) is 0 Å². The molecule has 2 unspecified atom stereocenters. The first-order valence-electron chi connectivity index (χ1n) is 6.58. The van der Waals surface area contributed by atoms with Crippen molar-refractivity contribution in [2.24, 2.45) is 11.8 Å². The van der Waals surface area contributed by atoms with E-state index in [0.717, 1.165) is 0 Å². The Morgan fingerprint density at radius 1 is 1.58 bits per heavy atom. The maximum Gasteiger partial charge on any atom is 0.336 e. The Bertz CT molecular complexity index is 399. The number of fused-ring (bicyclic) bond motifs is 1. The third-order valence-electron chi connectivity index (χ3n) is 3.74. The van der Waals surface area contributed by atoms with Crippen LogP contribution in [0, 0.1) is 11.8 Å². The second-order valence-electron chi connectivity index (χ2n) is 5.03. The van der Waals surface area contributed by atoms with E-state index >= 15 is 0 Å². The van der Waals surface area contributed by atoms with E-state index in [2.05, 4.69) is 18.2 Å². The Balaban J connectivity index is 2.10. The number of carbonyl (C=O) groups excluding carboxylic acids is 2. The van der Waals surface area contributed by atoms with Gasteiger partial charge in [0, 0.05) is 24.7 Å². The van der Waals surface area contributed by atoms with Crippen molar-refractivity contribution in [2.45, 2.75) is 38.4 Å². The maximum atomic E-state index is 11.4. The van der Waals surface area contributed by atoms with Crippen LogP contribution in [0.25, 0.3) is 0 Å². The fourth-order valence-electron chi connectivity index (χ4n) is 2.85. The van der Waals surface area contributed by atoms with E-state index < -0.39 is 0 Å². The normalized spacial score (nSPS) is 33.5. The van der Waals surface area contributed by atoms with Crippen LogP contribution in [0.3, 0.4) is 0 Å². The second kappa shape index (κ2) is 6.48. The van der Waals surface area contributed by atoms with Gasteiger partial charge in [-0.05, 0) is 6.08 Å². The van der Waals surface area contributed by atoms with Crippen molar-refractivity contribution in [3.63, 3.8) is 0 Å². The summed E-state index contributed by atoms with van der Waals surface area (Å²) in [5, 5.41) is 0. The van der Waals surface area contributed by atoms with Crippen LogP contribution < -0.4 is 0 Å². The van der Waals surface area contributed by atoms with Gasteiger partial charge in [0.2, 0.25) is 0 Å². The number of ketones is 1. The highest BCUT2D eigenvalue weighted by Crippen LogP contribution is 2.44. The third kappa shape index (κ3) is 3.65. The molecule has 0 aromatic carbocycles. The van der Waals surface area contributed by atoms with Crippen LogP contribution in [-0.2, 0) is 19.0 Å². The fourth-order valence-corrected chi connectivity index (χ4v) is 3.25. The van der Waals surface area contributed by atoms with E-state index in [1.54, 1.807) is 6.08 Å². The molecule has 1 aliphatic heterocycles. The Hall–Kier alpha value is -0.235. The molecular weight excluding hydrogens is 281 g/mol. The average molecular weight is 300 g/mol. The van der Waals surface area contributed by atoms with Gasteiger partial charge in [0.05, 0.1) is 12.5 Å². The Labute approximate surface area is 118 Å². The maximum absolute atomic E-state index is 11.4. The SMILES string of the molecule is CCC(=O)/C=C/[C@@H]1[C@H]2CC(=O)O[C@H]2C[C@H]1OB(P)P. The Morgan fingerprint density at radius 3 is 2.95 bits per heavy atom. The van der Waals surface area contributed by atoms with Gasteiger partial charge in [-0.3, -0.25) is 9.59 Å². The molecule has 2 aliphatic rings. The molecule has 104 valence electrons. The molecule has 0 radical (unpaired) electrons. The summed E-state index contributed by atoms with van der Waals surface area (Å²) in [7, 11) is 5.15. The van der Waals surface area contributed by atoms with Gasteiger partial charge >= 0.3 is 12.3 Å². The Kier molecular flexibility index (Phi) is 5.17. The lowest BCUT2D eigenvalue weighted by Gasteiger charge is -2.21. The fraction of sp³-hybridized carbons (Fsp3) is 0.667. The summed E-state index contributed by atoms with van der Waals surface area (Å²) in [6, 6.07) is 0. The molecule has 6 atom stereocenters. The van der Waals surface area contributed by atoms with Crippen LogP contribution in [0.15, 0.2) is 12.2 Å². The van der Waals surface area contributed by atoms with Gasteiger partial charge in [-0.1, -0.05) is 13.0 Å². The summed E-state index contributed by atoms with van der Waals surface area (Å²) >= 11 is 0. The quantitative estimate of drug-likeness (QED) is 0.335. The van der Waals surface area contributed by atoms with Gasteiger partial charge in [0.25, 0.3) is 0 Å². The first kappa shape index (κ1) is 15.2. The number of rotatable bonds is 5. The first-order valence-corrected chi connectivity index (χ1v) is 7.91. The number of carbonyl (C=O) groups is 2. The van der Waals surface area contributed by atoms with Crippen LogP contribution in [-0.4, -0.2) is 30.3 Å². The van der Waals surface area contributed by atoms with E-state index in [0.29, 0.717) is 19.3 Å². The molecule has 7 heteroatoms. The summed E-state index contributed by atoms with van der Waals surface area (Å²) in [4.78, 5) is 22.8. The monoisotopic (exact) mass is 300 g/mol. The van der Waals surface area contributed by atoms with Crippen LogP contribution in [0.4, 0.5) is 0 Å². The van der Waals surface area contributed by atoms with Crippen molar-refractivity contribution < 1.29 is 19.0 Å².